The number of carbonyl (C=O) groups is 1. The molecule has 1 saturated carbocycles. The van der Waals surface area contributed by atoms with Gasteiger partial charge in [-0.1, -0.05) is 82.1 Å². The van der Waals surface area contributed by atoms with E-state index in [4.69, 9.17) is 4.98 Å². The molecule has 0 bridgehead atoms. The first-order valence-electron chi connectivity index (χ1n) is 13.9. The molecule has 5 nitrogen and oxygen atoms in total. The van der Waals surface area contributed by atoms with Gasteiger partial charge in [-0.05, 0) is 25.5 Å². The van der Waals surface area contributed by atoms with Crippen LogP contribution in [0, 0.1) is 0 Å². The Labute approximate surface area is 216 Å². The Bertz CT molecular complexity index is 876. The molecule has 2 aromatic rings. The molecule has 0 radical (unpaired) electrons. The van der Waals surface area contributed by atoms with E-state index in [0.717, 1.165) is 61.8 Å². The Balaban J connectivity index is 1.25. The first kappa shape index (κ1) is 26.3. The highest BCUT2D eigenvalue weighted by Gasteiger charge is 2.16. The Hall–Kier alpha value is -1.76. The van der Waals surface area contributed by atoms with Crippen LogP contribution in [-0.4, -0.2) is 60.0 Å². The second-order valence-electron chi connectivity index (χ2n) is 10.6. The van der Waals surface area contributed by atoms with Gasteiger partial charge in [0.2, 0.25) is 5.91 Å². The normalized spacial score (nSPS) is 20.1. The number of benzene rings is 1. The van der Waals surface area contributed by atoms with Crippen molar-refractivity contribution in [2.24, 2.45) is 0 Å². The molecule has 1 N–H and O–H groups in total. The molecule has 0 atom stereocenters. The molecule has 1 saturated heterocycles. The summed E-state index contributed by atoms with van der Waals surface area (Å²) in [5, 5.41) is 6.39. The summed E-state index contributed by atoms with van der Waals surface area (Å²) in [7, 11) is 2.20. The summed E-state index contributed by atoms with van der Waals surface area (Å²) in [6.45, 7) is 5.58. The van der Waals surface area contributed by atoms with Crippen molar-refractivity contribution in [1.29, 1.82) is 0 Å². The van der Waals surface area contributed by atoms with E-state index in [1.807, 2.05) is 5.38 Å². The van der Waals surface area contributed by atoms with E-state index in [9.17, 15) is 4.79 Å². The number of thiazole rings is 1. The van der Waals surface area contributed by atoms with Crippen LogP contribution in [0.15, 0.2) is 29.6 Å². The van der Waals surface area contributed by atoms with E-state index in [0.29, 0.717) is 12.5 Å². The number of likely N-dealkylation sites (N-methyl/N-ethyl adjacent to an activating group) is 1. The zero-order valence-corrected chi connectivity index (χ0v) is 22.5. The molecule has 1 aliphatic carbocycles. The van der Waals surface area contributed by atoms with Crippen LogP contribution in [-0.2, 0) is 17.8 Å². The third-order valence-corrected chi connectivity index (χ3v) is 8.51. The van der Waals surface area contributed by atoms with Crippen LogP contribution in [0.1, 0.15) is 81.9 Å². The first-order chi connectivity index (χ1) is 17.2. The molecule has 1 aromatic carbocycles. The Morgan fingerprint density at radius 2 is 1.51 bits per heavy atom. The van der Waals surface area contributed by atoms with Crippen LogP contribution in [0.25, 0.3) is 10.6 Å². The molecule has 0 spiro atoms. The van der Waals surface area contributed by atoms with E-state index in [1.165, 1.54) is 63.4 Å². The van der Waals surface area contributed by atoms with Crippen molar-refractivity contribution < 1.29 is 4.79 Å². The van der Waals surface area contributed by atoms with Gasteiger partial charge in [-0.25, -0.2) is 4.98 Å². The lowest BCUT2D eigenvalue weighted by Crippen LogP contribution is -2.43. The lowest BCUT2D eigenvalue weighted by molar-refractivity contribution is -0.121. The van der Waals surface area contributed by atoms with Crippen molar-refractivity contribution in [3.05, 3.63) is 40.9 Å². The second kappa shape index (κ2) is 14.1. The number of nitrogens with zero attached hydrogens (tertiary/aromatic N) is 3. The summed E-state index contributed by atoms with van der Waals surface area (Å²) in [4.78, 5) is 22.5. The molecular formula is C29H44N4OS. The van der Waals surface area contributed by atoms with E-state index < -0.39 is 0 Å². The number of rotatable bonds is 6. The zero-order valence-electron chi connectivity index (χ0n) is 21.6. The second-order valence-corrected chi connectivity index (χ2v) is 11.5. The molecule has 35 heavy (non-hydrogen) atoms. The maximum Gasteiger partial charge on any atom is 0.226 e. The Kier molecular flexibility index (Phi) is 10.6. The summed E-state index contributed by atoms with van der Waals surface area (Å²) < 4.78 is 0. The van der Waals surface area contributed by atoms with E-state index >= 15 is 0 Å². The van der Waals surface area contributed by atoms with Crippen molar-refractivity contribution in [3.8, 4) is 10.6 Å². The van der Waals surface area contributed by atoms with Gasteiger partial charge in [-0.3, -0.25) is 9.69 Å². The van der Waals surface area contributed by atoms with Crippen LogP contribution in [0.4, 0.5) is 0 Å². The van der Waals surface area contributed by atoms with Gasteiger partial charge in [0.1, 0.15) is 5.01 Å². The number of amides is 1. The average molecular weight is 497 g/mol. The number of piperazine rings is 1. The monoisotopic (exact) mass is 496 g/mol. The predicted octanol–water partition coefficient (Wildman–Crippen LogP) is 5.89. The van der Waals surface area contributed by atoms with Gasteiger partial charge in [-0.2, -0.15) is 0 Å². The highest BCUT2D eigenvalue weighted by Crippen LogP contribution is 2.25. The maximum absolute atomic E-state index is 12.8. The van der Waals surface area contributed by atoms with Crippen molar-refractivity contribution in [2.75, 3.05) is 33.2 Å². The fourth-order valence-corrected chi connectivity index (χ4v) is 6.11. The fourth-order valence-electron chi connectivity index (χ4n) is 5.29. The standard InChI is InChI=1S/C29H44N4OS/c1-32-17-19-33(20-18-32)22-24-13-15-25(16-14-24)29-31-27(23-35-29)21-28(34)30-26-11-9-7-5-3-2-4-6-8-10-12-26/h13-16,23,26H,2-12,17-22H2,1H3,(H,30,34). The minimum Gasteiger partial charge on any atom is -0.353 e. The first-order valence-corrected chi connectivity index (χ1v) is 14.8. The van der Waals surface area contributed by atoms with Gasteiger partial charge in [-0.15, -0.1) is 11.3 Å². The summed E-state index contributed by atoms with van der Waals surface area (Å²) in [6.07, 6.45) is 14.5. The van der Waals surface area contributed by atoms with Crippen molar-refractivity contribution in [3.63, 3.8) is 0 Å². The van der Waals surface area contributed by atoms with Crippen LogP contribution in [0.2, 0.25) is 0 Å². The van der Waals surface area contributed by atoms with Crippen LogP contribution >= 0.6 is 11.3 Å². The minimum atomic E-state index is 0.126. The molecule has 2 aliphatic rings. The molecular weight excluding hydrogens is 452 g/mol. The topological polar surface area (TPSA) is 48.5 Å². The highest BCUT2D eigenvalue weighted by atomic mass is 32.1. The van der Waals surface area contributed by atoms with Crippen molar-refractivity contribution in [1.82, 2.24) is 20.1 Å². The summed E-state index contributed by atoms with van der Waals surface area (Å²) in [6, 6.07) is 9.14. The molecule has 1 aliphatic heterocycles. The van der Waals surface area contributed by atoms with Gasteiger partial charge in [0.15, 0.2) is 0 Å². The van der Waals surface area contributed by atoms with Crippen molar-refractivity contribution >= 4 is 17.2 Å². The number of nitrogens with one attached hydrogen (secondary N) is 1. The number of carbonyl (C=O) groups excluding carboxylic acids is 1. The molecule has 192 valence electrons. The summed E-state index contributed by atoms with van der Waals surface area (Å²) >= 11 is 1.64. The van der Waals surface area contributed by atoms with Gasteiger partial charge >= 0.3 is 0 Å². The van der Waals surface area contributed by atoms with E-state index in [2.05, 4.69) is 46.4 Å². The molecule has 1 aromatic heterocycles. The third-order valence-electron chi connectivity index (χ3n) is 7.57. The molecule has 6 heteroatoms. The van der Waals surface area contributed by atoms with E-state index in [-0.39, 0.29) is 5.91 Å². The van der Waals surface area contributed by atoms with E-state index in [1.54, 1.807) is 11.3 Å². The summed E-state index contributed by atoms with van der Waals surface area (Å²) in [5.74, 6) is 0.126. The smallest absolute Gasteiger partial charge is 0.226 e. The third kappa shape index (κ3) is 9.00. The molecule has 4 rings (SSSR count). The quantitative estimate of drug-likeness (QED) is 0.542. The minimum absolute atomic E-state index is 0.126. The SMILES string of the molecule is CN1CCN(Cc2ccc(-c3nc(CC(=O)NC4CCCCCCCCCCC4)cs3)cc2)CC1. The Morgan fingerprint density at radius 1 is 0.914 bits per heavy atom. The van der Waals surface area contributed by atoms with Crippen LogP contribution < -0.4 is 5.32 Å². The van der Waals surface area contributed by atoms with Crippen molar-refractivity contribution in [2.45, 2.75) is 89.6 Å². The number of aromatic nitrogens is 1. The van der Waals surface area contributed by atoms with Gasteiger partial charge in [0, 0.05) is 49.7 Å². The molecule has 2 fully saturated rings. The lowest BCUT2D eigenvalue weighted by atomic mass is 9.98. The zero-order chi connectivity index (χ0) is 24.3. The van der Waals surface area contributed by atoms with Gasteiger partial charge in [0.05, 0.1) is 12.1 Å². The molecule has 2 heterocycles. The van der Waals surface area contributed by atoms with Crippen LogP contribution in [0.3, 0.4) is 0 Å². The largest absolute Gasteiger partial charge is 0.353 e. The number of hydrogen-bond donors (Lipinski definition) is 1. The van der Waals surface area contributed by atoms with Crippen LogP contribution in [0.5, 0.6) is 0 Å². The fraction of sp³-hybridized carbons (Fsp3) is 0.655. The lowest BCUT2D eigenvalue weighted by Gasteiger charge is -2.32. The predicted molar refractivity (Wildman–Crippen MR) is 147 cm³/mol. The Morgan fingerprint density at radius 3 is 2.14 bits per heavy atom. The maximum atomic E-state index is 12.8. The number of hydrogen-bond acceptors (Lipinski definition) is 5. The van der Waals surface area contributed by atoms with Gasteiger partial charge in [0.25, 0.3) is 0 Å². The summed E-state index contributed by atoms with van der Waals surface area (Å²) in [5.41, 5.74) is 3.38. The molecule has 0 unspecified atom stereocenters. The average Bonchev–Trinajstić information content (AvgIpc) is 3.31. The highest BCUT2D eigenvalue weighted by molar-refractivity contribution is 7.13. The van der Waals surface area contributed by atoms with Gasteiger partial charge < -0.3 is 10.2 Å². The molecule has 1 amide bonds.